The van der Waals surface area contributed by atoms with E-state index in [1.807, 2.05) is 30.3 Å². The molecule has 0 saturated carbocycles. The maximum absolute atomic E-state index is 11.6. The number of nitrogens with zero attached hydrogens (tertiary/aromatic N) is 2. The Morgan fingerprint density at radius 3 is 2.54 bits per heavy atom. The zero-order valence-corrected chi connectivity index (χ0v) is 18.0. The third-order valence-electron chi connectivity index (χ3n) is 4.41. The zero-order valence-electron chi connectivity index (χ0n) is 15.6. The van der Waals surface area contributed by atoms with Gasteiger partial charge in [-0.1, -0.05) is 18.2 Å². The summed E-state index contributed by atoms with van der Waals surface area (Å²) >= 11 is 0. The molecule has 26 heavy (non-hydrogen) atoms. The Morgan fingerprint density at radius 1 is 1.23 bits per heavy atom. The molecule has 1 aromatic carbocycles. The number of aliphatic imine (C=N–C) groups is 1. The summed E-state index contributed by atoms with van der Waals surface area (Å²) in [6, 6.07) is 9.88. The zero-order chi connectivity index (χ0) is 17.9. The number of para-hydroxylation sites is 1. The van der Waals surface area contributed by atoms with Crippen LogP contribution in [0.4, 0.5) is 0 Å². The number of carbonyl (C=O) groups is 1. The molecule has 0 amide bonds. The van der Waals surface area contributed by atoms with Crippen molar-refractivity contribution in [1.29, 1.82) is 0 Å². The quantitative estimate of drug-likeness (QED) is 0.216. The van der Waals surface area contributed by atoms with Gasteiger partial charge in [-0.25, -0.2) is 0 Å². The minimum Gasteiger partial charge on any atom is -0.494 e. The monoisotopic (exact) mass is 475 g/mol. The van der Waals surface area contributed by atoms with Crippen molar-refractivity contribution in [2.75, 3.05) is 40.4 Å². The number of ether oxygens (including phenoxy) is 2. The fraction of sp³-hybridized carbons (Fsp3) is 0.579. The van der Waals surface area contributed by atoms with Gasteiger partial charge >= 0.3 is 5.97 Å². The van der Waals surface area contributed by atoms with Crippen LogP contribution in [0, 0.1) is 5.92 Å². The molecule has 1 saturated heterocycles. The Balaban J connectivity index is 0.00000338. The number of esters is 1. The van der Waals surface area contributed by atoms with Crippen molar-refractivity contribution in [3.8, 4) is 5.75 Å². The van der Waals surface area contributed by atoms with E-state index in [1.54, 1.807) is 7.05 Å². The highest BCUT2D eigenvalue weighted by Gasteiger charge is 2.26. The van der Waals surface area contributed by atoms with Crippen LogP contribution in [0.2, 0.25) is 0 Å². The second-order valence-electron chi connectivity index (χ2n) is 6.13. The van der Waals surface area contributed by atoms with E-state index in [-0.39, 0.29) is 35.9 Å². The van der Waals surface area contributed by atoms with Crippen LogP contribution >= 0.6 is 24.0 Å². The van der Waals surface area contributed by atoms with E-state index in [4.69, 9.17) is 9.47 Å². The van der Waals surface area contributed by atoms with E-state index in [9.17, 15) is 4.79 Å². The highest BCUT2D eigenvalue weighted by molar-refractivity contribution is 14.0. The van der Waals surface area contributed by atoms with Gasteiger partial charge in [-0.3, -0.25) is 9.79 Å². The van der Waals surface area contributed by atoms with Crippen molar-refractivity contribution < 1.29 is 14.3 Å². The molecule has 0 aromatic heterocycles. The summed E-state index contributed by atoms with van der Waals surface area (Å²) in [6.07, 6.45) is 3.64. The number of methoxy groups -OCH3 is 1. The molecule has 0 unspecified atom stereocenters. The van der Waals surface area contributed by atoms with Gasteiger partial charge in [0.1, 0.15) is 5.75 Å². The molecule has 0 spiro atoms. The molecule has 1 N–H and O–H groups in total. The summed E-state index contributed by atoms with van der Waals surface area (Å²) in [7, 11) is 3.25. The molecule has 0 atom stereocenters. The van der Waals surface area contributed by atoms with E-state index < -0.39 is 0 Å². The van der Waals surface area contributed by atoms with Gasteiger partial charge in [0.05, 0.1) is 19.6 Å². The number of likely N-dealkylation sites (tertiary alicyclic amines) is 1. The number of hydrogen-bond acceptors (Lipinski definition) is 4. The van der Waals surface area contributed by atoms with Crippen molar-refractivity contribution in [2.24, 2.45) is 10.9 Å². The normalized spacial score (nSPS) is 15.2. The van der Waals surface area contributed by atoms with Crippen LogP contribution < -0.4 is 10.1 Å². The first-order valence-electron chi connectivity index (χ1n) is 8.96. The number of carbonyl (C=O) groups excluding carboxylic acids is 1. The van der Waals surface area contributed by atoms with Crippen LogP contribution in [0.3, 0.4) is 0 Å². The molecule has 1 heterocycles. The first-order valence-corrected chi connectivity index (χ1v) is 8.96. The van der Waals surface area contributed by atoms with Gasteiger partial charge in [0, 0.05) is 26.7 Å². The average molecular weight is 475 g/mol. The number of unbranched alkanes of at least 4 members (excludes halogenated alkanes) is 1. The topological polar surface area (TPSA) is 63.2 Å². The van der Waals surface area contributed by atoms with Crippen LogP contribution in [0.1, 0.15) is 25.7 Å². The van der Waals surface area contributed by atoms with E-state index >= 15 is 0 Å². The largest absolute Gasteiger partial charge is 0.494 e. The lowest BCUT2D eigenvalue weighted by molar-refractivity contribution is -0.146. The van der Waals surface area contributed by atoms with Crippen molar-refractivity contribution >= 4 is 35.9 Å². The highest BCUT2D eigenvalue weighted by Crippen LogP contribution is 2.18. The van der Waals surface area contributed by atoms with E-state index in [1.165, 1.54) is 7.11 Å². The summed E-state index contributed by atoms with van der Waals surface area (Å²) in [5.41, 5.74) is 0. The smallest absolute Gasteiger partial charge is 0.308 e. The SMILES string of the molecule is CN=C(NCCCCOc1ccccc1)N1CCC(C(=O)OC)CC1.I. The summed E-state index contributed by atoms with van der Waals surface area (Å²) in [5.74, 6) is 1.75. The lowest BCUT2D eigenvalue weighted by atomic mass is 9.97. The second kappa shape index (κ2) is 12.8. The summed E-state index contributed by atoms with van der Waals surface area (Å²) in [4.78, 5) is 18.1. The number of guanidine groups is 1. The van der Waals surface area contributed by atoms with Gasteiger partial charge in [0.15, 0.2) is 5.96 Å². The molecule has 1 aliphatic rings. The Labute approximate surface area is 173 Å². The number of rotatable bonds is 7. The number of halogens is 1. The molecule has 1 aromatic rings. The predicted octanol–water partition coefficient (Wildman–Crippen LogP) is 2.92. The van der Waals surface area contributed by atoms with Crippen LogP contribution in [-0.2, 0) is 9.53 Å². The van der Waals surface area contributed by atoms with Gasteiger partial charge in [-0.2, -0.15) is 0 Å². The van der Waals surface area contributed by atoms with Crippen LogP contribution in [0.25, 0.3) is 0 Å². The number of piperidine rings is 1. The van der Waals surface area contributed by atoms with Crippen LogP contribution in [0.15, 0.2) is 35.3 Å². The fourth-order valence-electron chi connectivity index (χ4n) is 2.96. The maximum atomic E-state index is 11.6. The Hall–Kier alpha value is -1.51. The molecule has 0 bridgehead atoms. The molecule has 146 valence electrons. The second-order valence-corrected chi connectivity index (χ2v) is 6.13. The van der Waals surface area contributed by atoms with Crippen LogP contribution in [0.5, 0.6) is 5.75 Å². The summed E-state index contributed by atoms with van der Waals surface area (Å²) < 4.78 is 10.5. The fourth-order valence-corrected chi connectivity index (χ4v) is 2.96. The van der Waals surface area contributed by atoms with Crippen molar-refractivity contribution in [3.63, 3.8) is 0 Å². The molecule has 0 radical (unpaired) electrons. The lowest BCUT2D eigenvalue weighted by Gasteiger charge is -2.33. The average Bonchev–Trinajstić information content (AvgIpc) is 2.68. The third kappa shape index (κ3) is 7.39. The van der Waals surface area contributed by atoms with Gasteiger partial charge in [0.2, 0.25) is 0 Å². The van der Waals surface area contributed by atoms with E-state index in [2.05, 4.69) is 15.2 Å². The van der Waals surface area contributed by atoms with Gasteiger partial charge in [-0.05, 0) is 37.8 Å². The number of nitrogens with one attached hydrogen (secondary N) is 1. The predicted molar refractivity (Wildman–Crippen MR) is 114 cm³/mol. The van der Waals surface area contributed by atoms with Crippen molar-refractivity contribution in [2.45, 2.75) is 25.7 Å². The van der Waals surface area contributed by atoms with Gasteiger partial charge in [0.25, 0.3) is 0 Å². The molecular weight excluding hydrogens is 445 g/mol. The molecule has 2 rings (SSSR count). The highest BCUT2D eigenvalue weighted by atomic mass is 127. The molecule has 1 fully saturated rings. The molecular formula is C19H30IN3O3. The minimum atomic E-state index is -0.0963. The maximum Gasteiger partial charge on any atom is 0.308 e. The summed E-state index contributed by atoms with van der Waals surface area (Å²) in [5, 5.41) is 3.40. The Morgan fingerprint density at radius 2 is 1.92 bits per heavy atom. The Kier molecular flexibility index (Phi) is 11.1. The van der Waals surface area contributed by atoms with Crippen LogP contribution in [-0.4, -0.2) is 57.2 Å². The van der Waals surface area contributed by atoms with Gasteiger partial charge < -0.3 is 19.7 Å². The van der Waals surface area contributed by atoms with Crippen molar-refractivity contribution in [3.05, 3.63) is 30.3 Å². The minimum absolute atomic E-state index is 0. The Bertz CT molecular complexity index is 546. The summed E-state index contributed by atoms with van der Waals surface area (Å²) in [6.45, 7) is 3.24. The molecule has 0 aliphatic carbocycles. The first-order chi connectivity index (χ1) is 12.2. The van der Waals surface area contributed by atoms with E-state index in [0.29, 0.717) is 0 Å². The molecule has 7 heteroatoms. The lowest BCUT2D eigenvalue weighted by Crippen LogP contribution is -2.46. The standard InChI is InChI=1S/C19H29N3O3.HI/c1-20-19(22-13-10-16(11-14-22)18(23)24-2)21-12-6-7-15-25-17-8-4-3-5-9-17;/h3-5,8-9,16H,6-7,10-15H2,1-2H3,(H,20,21);1H. The van der Waals surface area contributed by atoms with Crippen molar-refractivity contribution in [1.82, 2.24) is 10.2 Å². The number of hydrogen-bond donors (Lipinski definition) is 1. The molecule has 1 aliphatic heterocycles. The first kappa shape index (κ1) is 22.5. The van der Waals surface area contributed by atoms with Gasteiger partial charge in [-0.15, -0.1) is 24.0 Å². The van der Waals surface area contributed by atoms with E-state index in [0.717, 1.165) is 63.6 Å². The third-order valence-corrected chi connectivity index (χ3v) is 4.41. The molecule has 6 nitrogen and oxygen atoms in total. The number of benzene rings is 1.